The molecular formula is C20H32N2O2. The zero-order chi connectivity index (χ0) is 17.0. The van der Waals surface area contributed by atoms with Crippen molar-refractivity contribution in [1.82, 2.24) is 9.80 Å². The number of benzene rings is 1. The Morgan fingerprint density at radius 2 is 1.79 bits per heavy atom. The number of hydrogen-bond donors (Lipinski definition) is 1. The van der Waals surface area contributed by atoms with Crippen molar-refractivity contribution in [2.45, 2.75) is 38.4 Å². The van der Waals surface area contributed by atoms with Gasteiger partial charge in [-0.1, -0.05) is 44.2 Å². The molecule has 2 saturated heterocycles. The first-order valence-corrected chi connectivity index (χ1v) is 9.42. The molecule has 134 valence electrons. The van der Waals surface area contributed by atoms with E-state index >= 15 is 0 Å². The topological polar surface area (TPSA) is 35.9 Å². The summed E-state index contributed by atoms with van der Waals surface area (Å²) >= 11 is 0. The standard InChI is InChI=1S/C20H32N2O2/c1-17(2)20(23,18-7-4-3-5-8-18)16-22-12-10-21(11-13-22)15-19-9-6-14-24-19/h3-5,7-8,17,19,23H,6,9-16H2,1-2H3/t19-,20+/m0/s1. The van der Waals surface area contributed by atoms with Crippen molar-refractivity contribution in [3.63, 3.8) is 0 Å². The van der Waals surface area contributed by atoms with Crippen molar-refractivity contribution < 1.29 is 9.84 Å². The van der Waals surface area contributed by atoms with Gasteiger partial charge in [0, 0.05) is 45.9 Å². The van der Waals surface area contributed by atoms with Gasteiger partial charge in [-0.25, -0.2) is 0 Å². The fourth-order valence-corrected chi connectivity index (χ4v) is 3.88. The predicted octanol–water partition coefficient (Wildman–Crippen LogP) is 2.33. The molecule has 2 aliphatic rings. The first kappa shape index (κ1) is 17.9. The molecule has 1 aromatic rings. The number of hydrogen-bond acceptors (Lipinski definition) is 4. The van der Waals surface area contributed by atoms with E-state index in [0.29, 0.717) is 12.6 Å². The van der Waals surface area contributed by atoms with Gasteiger partial charge in [-0.3, -0.25) is 9.80 Å². The highest BCUT2D eigenvalue weighted by Crippen LogP contribution is 2.31. The Balaban J connectivity index is 1.55. The molecule has 0 bridgehead atoms. The molecule has 0 spiro atoms. The van der Waals surface area contributed by atoms with Crippen LogP contribution in [0.2, 0.25) is 0 Å². The SMILES string of the molecule is CC(C)[C@](O)(CN1CCN(C[C@@H]2CCCO2)CC1)c1ccccc1. The molecule has 24 heavy (non-hydrogen) atoms. The van der Waals surface area contributed by atoms with Crippen molar-refractivity contribution in [3.05, 3.63) is 35.9 Å². The van der Waals surface area contributed by atoms with Crippen molar-refractivity contribution >= 4 is 0 Å². The molecule has 4 nitrogen and oxygen atoms in total. The third-order valence-corrected chi connectivity index (χ3v) is 5.64. The van der Waals surface area contributed by atoms with E-state index in [1.54, 1.807) is 0 Å². The number of ether oxygens (including phenoxy) is 1. The number of nitrogens with zero attached hydrogens (tertiary/aromatic N) is 2. The van der Waals surface area contributed by atoms with Crippen LogP contribution in [-0.4, -0.2) is 66.9 Å². The number of rotatable bonds is 6. The lowest BCUT2D eigenvalue weighted by molar-refractivity contribution is -0.0513. The summed E-state index contributed by atoms with van der Waals surface area (Å²) in [4.78, 5) is 4.93. The molecule has 2 fully saturated rings. The van der Waals surface area contributed by atoms with Crippen LogP contribution in [0.3, 0.4) is 0 Å². The summed E-state index contributed by atoms with van der Waals surface area (Å²) in [7, 11) is 0. The quantitative estimate of drug-likeness (QED) is 0.867. The second-order valence-electron chi connectivity index (χ2n) is 7.66. The van der Waals surface area contributed by atoms with E-state index in [1.165, 1.54) is 12.8 Å². The van der Waals surface area contributed by atoms with E-state index in [0.717, 1.165) is 44.9 Å². The van der Waals surface area contributed by atoms with Gasteiger partial charge >= 0.3 is 0 Å². The van der Waals surface area contributed by atoms with Gasteiger partial charge in [0.15, 0.2) is 0 Å². The van der Waals surface area contributed by atoms with Crippen molar-refractivity contribution in [3.8, 4) is 0 Å². The summed E-state index contributed by atoms with van der Waals surface area (Å²) in [5, 5.41) is 11.3. The Morgan fingerprint density at radius 1 is 1.12 bits per heavy atom. The summed E-state index contributed by atoms with van der Waals surface area (Å²) in [5.41, 5.74) is 0.250. The molecule has 0 aromatic heterocycles. The average Bonchev–Trinajstić information content (AvgIpc) is 3.10. The monoisotopic (exact) mass is 332 g/mol. The van der Waals surface area contributed by atoms with Crippen LogP contribution in [0.25, 0.3) is 0 Å². The Bertz CT molecular complexity index is 494. The molecule has 2 aliphatic heterocycles. The van der Waals surface area contributed by atoms with Crippen LogP contribution in [0.1, 0.15) is 32.3 Å². The molecular weight excluding hydrogens is 300 g/mol. The minimum absolute atomic E-state index is 0.185. The van der Waals surface area contributed by atoms with E-state index in [9.17, 15) is 5.11 Å². The molecule has 4 heteroatoms. The van der Waals surface area contributed by atoms with Crippen LogP contribution in [0.15, 0.2) is 30.3 Å². The number of β-amino-alcohol motifs (C(OH)–C–C–N with tert-alkyl or cyclic N) is 1. The Labute approximate surface area is 146 Å². The van der Waals surface area contributed by atoms with Crippen LogP contribution in [0, 0.1) is 5.92 Å². The average molecular weight is 332 g/mol. The normalized spacial score (nSPS) is 25.9. The predicted molar refractivity (Wildman–Crippen MR) is 97.0 cm³/mol. The lowest BCUT2D eigenvalue weighted by Crippen LogP contribution is -2.53. The van der Waals surface area contributed by atoms with Crippen LogP contribution in [-0.2, 0) is 10.3 Å². The highest BCUT2D eigenvalue weighted by atomic mass is 16.5. The molecule has 0 radical (unpaired) electrons. The summed E-state index contributed by atoms with van der Waals surface area (Å²) in [6, 6.07) is 10.1. The van der Waals surface area contributed by atoms with Gasteiger partial charge in [0.2, 0.25) is 0 Å². The second kappa shape index (κ2) is 7.96. The molecule has 0 amide bonds. The highest BCUT2D eigenvalue weighted by Gasteiger charge is 2.36. The lowest BCUT2D eigenvalue weighted by atomic mass is 9.82. The molecule has 1 aromatic carbocycles. The van der Waals surface area contributed by atoms with Gasteiger partial charge in [-0.2, -0.15) is 0 Å². The van der Waals surface area contributed by atoms with E-state index < -0.39 is 5.60 Å². The summed E-state index contributed by atoms with van der Waals surface area (Å²) in [6.45, 7) is 11.1. The summed E-state index contributed by atoms with van der Waals surface area (Å²) in [6.07, 6.45) is 2.86. The van der Waals surface area contributed by atoms with Crippen LogP contribution >= 0.6 is 0 Å². The molecule has 3 rings (SSSR count). The number of aliphatic hydroxyl groups is 1. The van der Waals surface area contributed by atoms with E-state index in [1.807, 2.05) is 30.3 Å². The molecule has 2 heterocycles. The van der Waals surface area contributed by atoms with E-state index in [4.69, 9.17) is 4.74 Å². The first-order valence-electron chi connectivity index (χ1n) is 9.42. The van der Waals surface area contributed by atoms with Crippen LogP contribution in [0.5, 0.6) is 0 Å². The fraction of sp³-hybridized carbons (Fsp3) is 0.700. The number of piperazine rings is 1. The Kier molecular flexibility index (Phi) is 5.93. The Hall–Kier alpha value is -0.940. The van der Waals surface area contributed by atoms with Gasteiger partial charge in [-0.15, -0.1) is 0 Å². The van der Waals surface area contributed by atoms with Crippen LogP contribution in [0.4, 0.5) is 0 Å². The van der Waals surface area contributed by atoms with Gasteiger partial charge < -0.3 is 9.84 Å². The van der Waals surface area contributed by atoms with Gasteiger partial charge in [-0.05, 0) is 24.3 Å². The van der Waals surface area contributed by atoms with E-state index in [-0.39, 0.29) is 5.92 Å². The third kappa shape index (κ3) is 4.17. The first-order chi connectivity index (χ1) is 11.6. The van der Waals surface area contributed by atoms with Crippen molar-refractivity contribution in [1.29, 1.82) is 0 Å². The van der Waals surface area contributed by atoms with E-state index in [2.05, 4.69) is 23.6 Å². The van der Waals surface area contributed by atoms with Crippen molar-refractivity contribution in [2.24, 2.45) is 5.92 Å². The minimum atomic E-state index is -0.780. The third-order valence-electron chi connectivity index (χ3n) is 5.64. The van der Waals surface area contributed by atoms with Gasteiger partial charge in [0.05, 0.1) is 6.10 Å². The molecule has 2 atom stereocenters. The van der Waals surface area contributed by atoms with Crippen LogP contribution < -0.4 is 0 Å². The highest BCUT2D eigenvalue weighted by molar-refractivity contribution is 5.23. The summed E-state index contributed by atoms with van der Waals surface area (Å²) in [5.74, 6) is 0.185. The molecule has 0 saturated carbocycles. The largest absolute Gasteiger partial charge is 0.384 e. The summed E-state index contributed by atoms with van der Waals surface area (Å²) < 4.78 is 5.76. The molecule has 0 aliphatic carbocycles. The Morgan fingerprint density at radius 3 is 2.38 bits per heavy atom. The van der Waals surface area contributed by atoms with Gasteiger partial charge in [0.25, 0.3) is 0 Å². The maximum absolute atomic E-state index is 11.3. The maximum Gasteiger partial charge on any atom is 0.104 e. The lowest BCUT2D eigenvalue weighted by Gasteiger charge is -2.42. The van der Waals surface area contributed by atoms with Crippen molar-refractivity contribution in [2.75, 3.05) is 45.9 Å². The zero-order valence-corrected chi connectivity index (χ0v) is 15.2. The fourth-order valence-electron chi connectivity index (χ4n) is 3.88. The van der Waals surface area contributed by atoms with Gasteiger partial charge in [0.1, 0.15) is 5.60 Å². The zero-order valence-electron chi connectivity index (χ0n) is 15.2. The minimum Gasteiger partial charge on any atom is -0.384 e. The second-order valence-corrected chi connectivity index (χ2v) is 7.66. The maximum atomic E-state index is 11.3. The molecule has 0 unspecified atom stereocenters. The smallest absolute Gasteiger partial charge is 0.104 e. The molecule has 1 N–H and O–H groups in total.